The quantitative estimate of drug-likeness (QED) is 0.184. The summed E-state index contributed by atoms with van der Waals surface area (Å²) in [6.45, 7) is 6.00. The fourth-order valence-corrected chi connectivity index (χ4v) is 4.24. The SMILES string of the molecule is CCCCC(=O)N/C(C=C(C)C)=C/C(=C\N)c1ccc2[nH]nc(-c3nc4c(-c5ccoc5)nccc4[nH]3)c2n1. The minimum atomic E-state index is -0.0355. The number of nitrogens with zero attached hydrogens (tertiary/aromatic N) is 4. The van der Waals surface area contributed by atoms with E-state index in [-0.39, 0.29) is 5.91 Å². The van der Waals surface area contributed by atoms with Gasteiger partial charge in [0.2, 0.25) is 5.91 Å². The normalized spacial score (nSPS) is 12.3. The maximum atomic E-state index is 12.4. The number of pyridine rings is 2. The average molecular weight is 523 g/mol. The van der Waals surface area contributed by atoms with E-state index in [1.54, 1.807) is 18.7 Å². The van der Waals surface area contributed by atoms with Gasteiger partial charge < -0.3 is 20.5 Å². The van der Waals surface area contributed by atoms with Crippen molar-refractivity contribution in [1.82, 2.24) is 35.5 Å². The fourth-order valence-electron chi connectivity index (χ4n) is 4.24. The first-order chi connectivity index (χ1) is 19.0. The largest absolute Gasteiger partial charge is 0.472 e. The summed E-state index contributed by atoms with van der Waals surface area (Å²) >= 11 is 0. The summed E-state index contributed by atoms with van der Waals surface area (Å²) in [4.78, 5) is 29.9. The lowest BCUT2D eigenvalue weighted by Gasteiger charge is -2.09. The fraction of sp³-hybridized carbons (Fsp3) is 0.207. The molecule has 0 bridgehead atoms. The van der Waals surface area contributed by atoms with Crippen LogP contribution in [0.3, 0.4) is 0 Å². The van der Waals surface area contributed by atoms with Crippen LogP contribution < -0.4 is 11.1 Å². The van der Waals surface area contributed by atoms with Crippen molar-refractivity contribution in [3.63, 3.8) is 0 Å². The van der Waals surface area contributed by atoms with Gasteiger partial charge in [-0.2, -0.15) is 5.10 Å². The Morgan fingerprint density at radius 2 is 1.92 bits per heavy atom. The second-order valence-electron chi connectivity index (χ2n) is 9.41. The highest BCUT2D eigenvalue weighted by Crippen LogP contribution is 2.30. The van der Waals surface area contributed by atoms with Crippen molar-refractivity contribution in [3.8, 4) is 22.8 Å². The number of furan rings is 1. The molecular formula is C29H30N8O2. The molecule has 10 heteroatoms. The van der Waals surface area contributed by atoms with E-state index in [9.17, 15) is 4.79 Å². The number of aromatic amines is 2. The molecule has 0 fully saturated rings. The molecule has 39 heavy (non-hydrogen) atoms. The van der Waals surface area contributed by atoms with Gasteiger partial charge in [0.25, 0.3) is 0 Å². The highest BCUT2D eigenvalue weighted by molar-refractivity contribution is 5.95. The smallest absolute Gasteiger partial charge is 0.224 e. The average Bonchev–Trinajstić information content (AvgIpc) is 3.68. The summed E-state index contributed by atoms with van der Waals surface area (Å²) in [5.74, 6) is 0.521. The molecule has 0 unspecified atom stereocenters. The van der Waals surface area contributed by atoms with Gasteiger partial charge in [-0.15, -0.1) is 0 Å². The Labute approximate surface area is 225 Å². The molecule has 0 aromatic carbocycles. The van der Waals surface area contributed by atoms with Crippen LogP contribution >= 0.6 is 0 Å². The Kier molecular flexibility index (Phi) is 7.35. The van der Waals surface area contributed by atoms with Crippen LogP contribution in [-0.4, -0.2) is 36.0 Å². The first-order valence-corrected chi connectivity index (χ1v) is 12.8. The van der Waals surface area contributed by atoms with Gasteiger partial charge in [0.15, 0.2) is 11.5 Å². The number of amides is 1. The highest BCUT2D eigenvalue weighted by atomic mass is 16.3. The standard InChI is InChI=1S/C29H30N8O2/c1-4-5-6-24(38)32-20(13-17(2)3)14-19(15-30)21-7-8-23-27(33-21)28(37-36-23)29-34-22-9-11-31-25(26(22)35-29)18-10-12-39-16-18/h7-16H,4-6,30H2,1-3H3,(H,32,38)(H,34,35)(H,36,37)/b19-15+,20-14+. The maximum Gasteiger partial charge on any atom is 0.224 e. The number of rotatable bonds is 9. The molecule has 0 aliphatic carbocycles. The van der Waals surface area contributed by atoms with Gasteiger partial charge in [0, 0.05) is 35.7 Å². The first kappa shape index (κ1) is 25.7. The molecule has 5 N–H and O–H groups in total. The van der Waals surface area contributed by atoms with Crippen LogP contribution in [0.5, 0.6) is 0 Å². The van der Waals surface area contributed by atoms with Gasteiger partial charge in [0.1, 0.15) is 16.7 Å². The Balaban J connectivity index is 1.53. The molecule has 0 atom stereocenters. The number of hydrogen-bond acceptors (Lipinski definition) is 7. The molecule has 10 nitrogen and oxygen atoms in total. The minimum absolute atomic E-state index is 0.0355. The van der Waals surface area contributed by atoms with E-state index in [2.05, 4.69) is 32.4 Å². The van der Waals surface area contributed by atoms with Gasteiger partial charge in [0.05, 0.1) is 29.3 Å². The molecule has 5 aromatic heterocycles. The molecule has 0 saturated heterocycles. The number of nitrogens with two attached hydrogens (primary N) is 1. The van der Waals surface area contributed by atoms with Gasteiger partial charge in [-0.05, 0) is 56.7 Å². The van der Waals surface area contributed by atoms with Crippen molar-refractivity contribution in [3.05, 3.63) is 78.3 Å². The summed E-state index contributed by atoms with van der Waals surface area (Å²) in [6.07, 6.45) is 12.4. The van der Waals surface area contributed by atoms with Crippen LogP contribution in [-0.2, 0) is 4.79 Å². The predicted octanol–water partition coefficient (Wildman–Crippen LogP) is 5.61. The number of hydrogen-bond donors (Lipinski definition) is 4. The topological polar surface area (TPSA) is 151 Å². The van der Waals surface area contributed by atoms with E-state index < -0.39 is 0 Å². The number of unbranched alkanes of at least 4 members (excludes halogenated alkanes) is 1. The zero-order valence-electron chi connectivity index (χ0n) is 22.1. The van der Waals surface area contributed by atoms with E-state index in [0.717, 1.165) is 35.0 Å². The third-order valence-corrected chi connectivity index (χ3v) is 6.10. The molecule has 5 heterocycles. The lowest BCUT2D eigenvalue weighted by atomic mass is 10.1. The van der Waals surface area contributed by atoms with E-state index in [4.69, 9.17) is 20.1 Å². The van der Waals surface area contributed by atoms with Crippen molar-refractivity contribution in [2.24, 2.45) is 5.73 Å². The Morgan fingerprint density at radius 3 is 2.67 bits per heavy atom. The summed E-state index contributed by atoms with van der Waals surface area (Å²) in [6, 6.07) is 7.46. The van der Waals surface area contributed by atoms with E-state index >= 15 is 0 Å². The number of imidazole rings is 1. The molecule has 0 aliphatic heterocycles. The van der Waals surface area contributed by atoms with E-state index in [0.29, 0.717) is 51.6 Å². The zero-order chi connectivity index (χ0) is 27.4. The van der Waals surface area contributed by atoms with Crippen molar-refractivity contribution in [2.75, 3.05) is 0 Å². The molecular weight excluding hydrogens is 492 g/mol. The van der Waals surface area contributed by atoms with Crippen molar-refractivity contribution < 1.29 is 9.21 Å². The predicted molar refractivity (Wildman–Crippen MR) is 152 cm³/mol. The molecule has 0 radical (unpaired) electrons. The first-order valence-electron chi connectivity index (χ1n) is 12.8. The lowest BCUT2D eigenvalue weighted by molar-refractivity contribution is -0.120. The van der Waals surface area contributed by atoms with Crippen LogP contribution in [0.2, 0.25) is 0 Å². The maximum absolute atomic E-state index is 12.4. The van der Waals surface area contributed by atoms with Crippen LogP contribution in [0.1, 0.15) is 45.7 Å². The third-order valence-electron chi connectivity index (χ3n) is 6.10. The second kappa shape index (κ2) is 11.2. The summed E-state index contributed by atoms with van der Waals surface area (Å²) in [5, 5.41) is 10.5. The number of fused-ring (bicyclic) bond motifs is 2. The zero-order valence-corrected chi connectivity index (χ0v) is 22.1. The molecule has 5 rings (SSSR count). The number of carbonyl (C=O) groups is 1. The lowest BCUT2D eigenvalue weighted by Crippen LogP contribution is -2.21. The number of H-pyrrole nitrogens is 2. The number of carbonyl (C=O) groups excluding carboxylic acids is 1. The van der Waals surface area contributed by atoms with Gasteiger partial charge >= 0.3 is 0 Å². The molecule has 0 spiro atoms. The molecule has 0 aliphatic rings. The van der Waals surface area contributed by atoms with Crippen LogP contribution in [0, 0.1) is 0 Å². The van der Waals surface area contributed by atoms with Crippen LogP contribution in [0.15, 0.2) is 77.0 Å². The molecule has 5 aromatic rings. The van der Waals surface area contributed by atoms with Crippen LogP contribution in [0.25, 0.3) is 50.4 Å². The molecule has 198 valence electrons. The van der Waals surface area contributed by atoms with Crippen molar-refractivity contribution in [1.29, 1.82) is 0 Å². The highest BCUT2D eigenvalue weighted by Gasteiger charge is 2.18. The van der Waals surface area contributed by atoms with Gasteiger partial charge in [-0.1, -0.05) is 18.9 Å². The minimum Gasteiger partial charge on any atom is -0.472 e. The van der Waals surface area contributed by atoms with E-state index in [1.807, 2.05) is 50.3 Å². The number of nitrogens with one attached hydrogen (secondary N) is 3. The summed E-state index contributed by atoms with van der Waals surface area (Å²) in [7, 11) is 0. The number of allylic oxidation sites excluding steroid dienone is 4. The Morgan fingerprint density at radius 1 is 1.08 bits per heavy atom. The molecule has 0 saturated carbocycles. The van der Waals surface area contributed by atoms with Crippen molar-refractivity contribution in [2.45, 2.75) is 40.0 Å². The molecule has 1 amide bonds. The van der Waals surface area contributed by atoms with E-state index in [1.165, 1.54) is 6.20 Å². The van der Waals surface area contributed by atoms with Gasteiger partial charge in [-0.3, -0.25) is 14.9 Å². The number of aromatic nitrogens is 6. The summed E-state index contributed by atoms with van der Waals surface area (Å²) in [5.41, 5.74) is 14.0. The van der Waals surface area contributed by atoms with Gasteiger partial charge in [-0.25, -0.2) is 9.97 Å². The van der Waals surface area contributed by atoms with Crippen LogP contribution in [0.4, 0.5) is 0 Å². The summed E-state index contributed by atoms with van der Waals surface area (Å²) < 4.78 is 5.24. The Bertz CT molecular complexity index is 1720. The second-order valence-corrected chi connectivity index (χ2v) is 9.41. The van der Waals surface area contributed by atoms with Crippen molar-refractivity contribution >= 4 is 33.5 Å². The third kappa shape index (κ3) is 5.49. The Hall–Kier alpha value is -4.99. The monoisotopic (exact) mass is 522 g/mol.